The van der Waals surface area contributed by atoms with E-state index in [0.717, 1.165) is 0 Å². The Morgan fingerprint density at radius 3 is 2.32 bits per heavy atom. The van der Waals surface area contributed by atoms with E-state index in [2.05, 4.69) is 10.6 Å². The van der Waals surface area contributed by atoms with Crippen molar-refractivity contribution in [3.63, 3.8) is 0 Å². The summed E-state index contributed by atoms with van der Waals surface area (Å²) in [6.07, 6.45) is 0.415. The summed E-state index contributed by atoms with van der Waals surface area (Å²) < 4.78 is 13.2. The molecule has 0 aliphatic carbocycles. The number of amides is 3. The summed E-state index contributed by atoms with van der Waals surface area (Å²) in [4.78, 5) is 24.4. The highest BCUT2D eigenvalue weighted by atomic mass is 35.5. The van der Waals surface area contributed by atoms with Crippen molar-refractivity contribution in [2.75, 3.05) is 23.3 Å². The Balaban J connectivity index is 2.08. The van der Waals surface area contributed by atoms with E-state index in [0.29, 0.717) is 27.8 Å². The van der Waals surface area contributed by atoms with Crippen LogP contribution < -0.4 is 15.5 Å². The monoisotopic (exact) mass is 465 g/mol. The summed E-state index contributed by atoms with van der Waals surface area (Å²) in [5.74, 6) is -0.937. The maximum absolute atomic E-state index is 13.2. The molecule has 0 bridgehead atoms. The average molecular weight is 467 g/mol. The van der Waals surface area contributed by atoms with E-state index in [1.807, 2.05) is 0 Å². The second-order valence-electron chi connectivity index (χ2n) is 5.63. The van der Waals surface area contributed by atoms with Crippen LogP contribution in [-0.4, -0.2) is 29.9 Å². The van der Waals surface area contributed by atoms with E-state index < -0.39 is 22.6 Å². The smallest absolute Gasteiger partial charge is 0.326 e. The Bertz CT molecular complexity index is 834. The number of carbonyl (C=O) groups excluding carboxylic acids is 2. The molecule has 28 heavy (non-hydrogen) atoms. The molecule has 0 aromatic heterocycles. The van der Waals surface area contributed by atoms with Crippen LogP contribution in [0.2, 0.25) is 10.0 Å². The number of carbonyl (C=O) groups is 2. The van der Waals surface area contributed by atoms with Crippen LogP contribution in [0.5, 0.6) is 0 Å². The Labute approximate surface area is 181 Å². The zero-order chi connectivity index (χ0) is 20.7. The number of hydrogen-bond donors (Lipinski definition) is 2. The number of nitrogens with zero attached hydrogens (tertiary/aromatic N) is 1. The van der Waals surface area contributed by atoms with Gasteiger partial charge in [-0.1, -0.05) is 46.4 Å². The molecule has 150 valence electrons. The lowest BCUT2D eigenvalue weighted by molar-refractivity contribution is -0.119. The molecular weight excluding hydrogens is 451 g/mol. The molecule has 0 fully saturated rings. The van der Waals surface area contributed by atoms with Gasteiger partial charge in [0.15, 0.2) is 4.84 Å². The van der Waals surface area contributed by atoms with Crippen LogP contribution in [0, 0.1) is 5.82 Å². The third kappa shape index (κ3) is 6.71. The zero-order valence-corrected chi connectivity index (χ0v) is 17.4. The highest BCUT2D eigenvalue weighted by molar-refractivity contribution is 6.53. The molecule has 2 aromatic carbocycles. The van der Waals surface area contributed by atoms with Gasteiger partial charge in [-0.2, -0.15) is 0 Å². The second kappa shape index (κ2) is 10.7. The van der Waals surface area contributed by atoms with Crippen molar-refractivity contribution in [1.29, 1.82) is 0 Å². The van der Waals surface area contributed by atoms with Gasteiger partial charge in [-0.05, 0) is 48.9 Å². The molecule has 0 unspecified atom stereocenters. The maximum Gasteiger partial charge on any atom is 0.326 e. The van der Waals surface area contributed by atoms with Gasteiger partial charge in [0.25, 0.3) is 5.91 Å². The normalized spacial score (nSPS) is 10.6. The first-order valence-electron chi connectivity index (χ1n) is 8.13. The molecule has 0 heterocycles. The molecule has 10 heteroatoms. The van der Waals surface area contributed by atoms with Crippen molar-refractivity contribution in [3.8, 4) is 0 Å². The van der Waals surface area contributed by atoms with Crippen LogP contribution in [0.1, 0.15) is 6.42 Å². The van der Waals surface area contributed by atoms with E-state index in [-0.39, 0.29) is 13.1 Å². The first-order chi connectivity index (χ1) is 13.3. The average Bonchev–Trinajstić information content (AvgIpc) is 2.65. The first-order valence-corrected chi connectivity index (χ1v) is 9.76. The molecule has 2 aromatic rings. The fourth-order valence-electron chi connectivity index (χ4n) is 2.26. The van der Waals surface area contributed by atoms with Crippen LogP contribution in [0.3, 0.4) is 0 Å². The summed E-state index contributed by atoms with van der Waals surface area (Å²) in [6, 6.07) is 9.70. The summed E-state index contributed by atoms with van der Waals surface area (Å²) in [6.45, 7) is 0.501. The molecule has 0 radical (unpaired) electrons. The molecule has 0 saturated carbocycles. The molecule has 0 aliphatic rings. The number of benzene rings is 2. The van der Waals surface area contributed by atoms with Gasteiger partial charge in [0.2, 0.25) is 0 Å². The van der Waals surface area contributed by atoms with Gasteiger partial charge in [-0.3, -0.25) is 9.69 Å². The van der Waals surface area contributed by atoms with Gasteiger partial charge >= 0.3 is 6.03 Å². The van der Waals surface area contributed by atoms with E-state index in [9.17, 15) is 14.0 Å². The van der Waals surface area contributed by atoms with Crippen LogP contribution in [0.15, 0.2) is 42.5 Å². The molecular formula is C18H16Cl4FN3O2. The Morgan fingerprint density at radius 1 is 1.04 bits per heavy atom. The Morgan fingerprint density at radius 2 is 1.71 bits per heavy atom. The summed E-state index contributed by atoms with van der Waals surface area (Å²) in [5, 5.41) is 5.92. The predicted octanol–water partition coefficient (Wildman–Crippen LogP) is 5.48. The highest BCUT2D eigenvalue weighted by Crippen LogP contribution is 2.25. The Kier molecular flexibility index (Phi) is 8.63. The minimum Gasteiger partial charge on any atom is -0.354 e. The van der Waals surface area contributed by atoms with Crippen molar-refractivity contribution >= 4 is 69.7 Å². The highest BCUT2D eigenvalue weighted by Gasteiger charge is 2.17. The molecule has 0 aliphatic heterocycles. The minimum absolute atomic E-state index is 0.244. The lowest BCUT2D eigenvalue weighted by Crippen LogP contribution is -2.38. The first kappa shape index (κ1) is 22.6. The number of urea groups is 1. The summed E-state index contributed by atoms with van der Waals surface area (Å²) >= 11 is 22.8. The minimum atomic E-state index is -1.16. The van der Waals surface area contributed by atoms with Crippen molar-refractivity contribution in [3.05, 3.63) is 58.3 Å². The molecule has 0 atom stereocenters. The molecule has 2 rings (SSSR count). The second-order valence-corrected chi connectivity index (χ2v) is 7.54. The SMILES string of the molecule is O=C(NCCCN(C(=O)Nc1ccc(Cl)c(Cl)c1)c1ccc(F)cc1)C(Cl)Cl. The fraction of sp³-hybridized carbons (Fsp3) is 0.222. The number of hydrogen-bond acceptors (Lipinski definition) is 2. The molecule has 0 spiro atoms. The third-order valence-electron chi connectivity index (χ3n) is 3.61. The number of halogens is 5. The molecule has 3 amide bonds. The van der Waals surface area contributed by atoms with Gasteiger partial charge in [-0.15, -0.1) is 0 Å². The van der Waals surface area contributed by atoms with Crippen molar-refractivity contribution in [2.24, 2.45) is 0 Å². The van der Waals surface area contributed by atoms with Crippen molar-refractivity contribution in [1.82, 2.24) is 5.32 Å². The quantitative estimate of drug-likeness (QED) is 0.419. The molecule has 2 N–H and O–H groups in total. The van der Waals surface area contributed by atoms with Crippen molar-refractivity contribution in [2.45, 2.75) is 11.3 Å². The standard InChI is InChI=1S/C18H16Cl4FN3O2/c19-14-7-4-12(10-15(14)20)25-18(28)26(13-5-2-11(23)3-6-13)9-1-8-24-17(27)16(21)22/h2-7,10,16H,1,8-9H2,(H,24,27)(H,25,28). The van der Waals surface area contributed by atoms with Crippen LogP contribution >= 0.6 is 46.4 Å². The summed E-state index contributed by atoms with van der Waals surface area (Å²) in [5.41, 5.74) is 0.935. The maximum atomic E-state index is 13.2. The topological polar surface area (TPSA) is 61.4 Å². The largest absolute Gasteiger partial charge is 0.354 e. The van der Waals surface area contributed by atoms with Crippen molar-refractivity contribution < 1.29 is 14.0 Å². The van der Waals surface area contributed by atoms with Crippen LogP contribution in [0.4, 0.5) is 20.6 Å². The predicted molar refractivity (Wildman–Crippen MR) is 112 cm³/mol. The number of alkyl halides is 2. The molecule has 0 saturated heterocycles. The lowest BCUT2D eigenvalue weighted by Gasteiger charge is -2.23. The van der Waals surface area contributed by atoms with Crippen LogP contribution in [-0.2, 0) is 4.79 Å². The van der Waals surface area contributed by atoms with Gasteiger partial charge in [0, 0.05) is 24.5 Å². The fourth-order valence-corrected chi connectivity index (χ4v) is 2.71. The van der Waals surface area contributed by atoms with Gasteiger partial charge in [-0.25, -0.2) is 9.18 Å². The summed E-state index contributed by atoms with van der Waals surface area (Å²) in [7, 11) is 0. The van der Waals surface area contributed by atoms with Gasteiger partial charge in [0.1, 0.15) is 5.82 Å². The molecule has 5 nitrogen and oxygen atoms in total. The van der Waals surface area contributed by atoms with E-state index in [1.165, 1.54) is 35.2 Å². The van der Waals surface area contributed by atoms with E-state index in [1.54, 1.807) is 12.1 Å². The number of rotatable bonds is 7. The van der Waals surface area contributed by atoms with E-state index >= 15 is 0 Å². The number of nitrogens with one attached hydrogen (secondary N) is 2. The van der Waals surface area contributed by atoms with E-state index in [4.69, 9.17) is 46.4 Å². The third-order valence-corrected chi connectivity index (χ3v) is 4.75. The lowest BCUT2D eigenvalue weighted by atomic mass is 10.2. The zero-order valence-electron chi connectivity index (χ0n) is 14.4. The van der Waals surface area contributed by atoms with Gasteiger partial charge < -0.3 is 10.6 Å². The Hall–Kier alpha value is -1.73. The number of anilines is 2. The van der Waals surface area contributed by atoms with Crippen LogP contribution in [0.25, 0.3) is 0 Å². The van der Waals surface area contributed by atoms with Gasteiger partial charge in [0.05, 0.1) is 10.0 Å².